The highest BCUT2D eigenvalue weighted by atomic mass is 35.5. The van der Waals surface area contributed by atoms with E-state index in [1.807, 2.05) is 18.2 Å². The van der Waals surface area contributed by atoms with Gasteiger partial charge in [0.25, 0.3) is 11.8 Å². The molecule has 0 saturated carbocycles. The van der Waals surface area contributed by atoms with Crippen molar-refractivity contribution in [3.8, 4) is 0 Å². The van der Waals surface area contributed by atoms with Gasteiger partial charge in [0.1, 0.15) is 0 Å². The molecule has 3 aromatic carbocycles. The molecule has 0 aliphatic rings. The molecular formula is C23H20ClN3O2. The van der Waals surface area contributed by atoms with E-state index in [1.54, 1.807) is 54.6 Å². The van der Waals surface area contributed by atoms with Gasteiger partial charge in [-0.25, -0.2) is 5.43 Å². The number of nitrogens with zero attached hydrogens (tertiary/aromatic N) is 1. The Balaban J connectivity index is 1.62. The van der Waals surface area contributed by atoms with E-state index in [0.29, 0.717) is 21.8 Å². The summed E-state index contributed by atoms with van der Waals surface area (Å²) in [6.45, 7) is 2.06. The summed E-state index contributed by atoms with van der Waals surface area (Å²) in [5.74, 6) is -0.583. The first-order chi connectivity index (χ1) is 14.1. The lowest BCUT2D eigenvalue weighted by Crippen LogP contribution is -2.17. The molecule has 2 amide bonds. The molecule has 3 aromatic rings. The number of amides is 2. The highest BCUT2D eigenvalue weighted by molar-refractivity contribution is 6.34. The van der Waals surface area contributed by atoms with Gasteiger partial charge in [0.15, 0.2) is 0 Å². The van der Waals surface area contributed by atoms with Crippen LogP contribution in [-0.4, -0.2) is 18.0 Å². The number of hydrazone groups is 1. The van der Waals surface area contributed by atoms with E-state index in [9.17, 15) is 9.59 Å². The van der Waals surface area contributed by atoms with Gasteiger partial charge in [0.2, 0.25) is 0 Å². The quantitative estimate of drug-likeness (QED) is 0.451. The number of rotatable bonds is 6. The maximum atomic E-state index is 12.4. The van der Waals surface area contributed by atoms with Gasteiger partial charge in [-0.2, -0.15) is 5.10 Å². The van der Waals surface area contributed by atoms with Crippen LogP contribution in [0.2, 0.25) is 5.02 Å². The second-order valence-electron chi connectivity index (χ2n) is 6.31. The second kappa shape index (κ2) is 9.66. The SMILES string of the molecule is CCc1ccc(C(=O)N/N=C\c2cccc(NC(=O)c3ccccc3Cl)c2)cc1. The van der Waals surface area contributed by atoms with Gasteiger partial charge in [0, 0.05) is 11.3 Å². The van der Waals surface area contributed by atoms with Crippen molar-refractivity contribution in [2.45, 2.75) is 13.3 Å². The third kappa shape index (κ3) is 5.53. The molecule has 146 valence electrons. The number of nitrogens with one attached hydrogen (secondary N) is 2. The maximum absolute atomic E-state index is 12.4. The first-order valence-corrected chi connectivity index (χ1v) is 9.53. The molecule has 0 aliphatic heterocycles. The average molecular weight is 406 g/mol. The molecule has 0 spiro atoms. The van der Waals surface area contributed by atoms with Gasteiger partial charge in [-0.1, -0.05) is 54.9 Å². The Morgan fingerprint density at radius 3 is 2.45 bits per heavy atom. The van der Waals surface area contributed by atoms with Crippen molar-refractivity contribution in [1.82, 2.24) is 5.43 Å². The van der Waals surface area contributed by atoms with Crippen molar-refractivity contribution in [1.29, 1.82) is 0 Å². The van der Waals surface area contributed by atoms with Crippen LogP contribution in [0, 0.1) is 0 Å². The molecule has 29 heavy (non-hydrogen) atoms. The smallest absolute Gasteiger partial charge is 0.271 e. The molecule has 6 heteroatoms. The van der Waals surface area contributed by atoms with Crippen molar-refractivity contribution in [3.05, 3.63) is 100 Å². The predicted octanol–water partition coefficient (Wildman–Crippen LogP) is 4.92. The molecule has 0 saturated heterocycles. The van der Waals surface area contributed by atoms with Gasteiger partial charge < -0.3 is 5.32 Å². The molecule has 0 aromatic heterocycles. The normalized spacial score (nSPS) is 10.7. The lowest BCUT2D eigenvalue weighted by atomic mass is 10.1. The molecule has 0 atom stereocenters. The molecule has 0 fully saturated rings. The summed E-state index contributed by atoms with van der Waals surface area (Å²) in [5, 5.41) is 7.18. The van der Waals surface area contributed by atoms with Gasteiger partial charge in [0.05, 0.1) is 16.8 Å². The van der Waals surface area contributed by atoms with Crippen LogP contribution in [0.15, 0.2) is 77.9 Å². The Bertz CT molecular complexity index is 1050. The highest BCUT2D eigenvalue weighted by Crippen LogP contribution is 2.17. The largest absolute Gasteiger partial charge is 0.322 e. The number of carbonyl (C=O) groups excluding carboxylic acids is 2. The van der Waals surface area contributed by atoms with Crippen LogP contribution >= 0.6 is 11.6 Å². The Morgan fingerprint density at radius 2 is 1.72 bits per heavy atom. The number of aryl methyl sites for hydroxylation is 1. The summed E-state index contributed by atoms with van der Waals surface area (Å²) in [5.41, 5.74) is 5.93. The minimum Gasteiger partial charge on any atom is -0.322 e. The third-order valence-electron chi connectivity index (χ3n) is 4.27. The third-order valence-corrected chi connectivity index (χ3v) is 4.60. The maximum Gasteiger partial charge on any atom is 0.271 e. The van der Waals surface area contributed by atoms with Gasteiger partial charge in [-0.15, -0.1) is 0 Å². The summed E-state index contributed by atoms with van der Waals surface area (Å²) >= 11 is 6.06. The molecule has 0 radical (unpaired) electrons. The van der Waals surface area contributed by atoms with Crippen molar-refractivity contribution >= 4 is 35.3 Å². The Hall–Kier alpha value is -3.44. The van der Waals surface area contributed by atoms with Crippen LogP contribution in [0.4, 0.5) is 5.69 Å². The minimum atomic E-state index is -0.298. The second-order valence-corrected chi connectivity index (χ2v) is 6.72. The van der Waals surface area contributed by atoms with Gasteiger partial charge in [-0.3, -0.25) is 9.59 Å². The van der Waals surface area contributed by atoms with Crippen LogP contribution in [0.25, 0.3) is 0 Å². The summed E-state index contributed by atoms with van der Waals surface area (Å²) in [6.07, 6.45) is 2.44. The summed E-state index contributed by atoms with van der Waals surface area (Å²) < 4.78 is 0. The molecule has 3 rings (SSSR count). The predicted molar refractivity (Wildman–Crippen MR) is 117 cm³/mol. The van der Waals surface area contributed by atoms with Crippen LogP contribution in [0.3, 0.4) is 0 Å². The Labute approximate surface area is 174 Å². The number of benzene rings is 3. The topological polar surface area (TPSA) is 70.6 Å². The standard InChI is InChI=1S/C23H20ClN3O2/c1-2-16-10-12-18(13-11-16)22(28)27-25-15-17-6-5-7-19(14-17)26-23(29)20-8-3-4-9-21(20)24/h3-15H,2H2,1H3,(H,26,29)(H,27,28)/b25-15-. The van der Waals surface area contributed by atoms with Crippen LogP contribution in [-0.2, 0) is 6.42 Å². The van der Waals surface area contributed by atoms with Crippen molar-refractivity contribution in [3.63, 3.8) is 0 Å². The highest BCUT2D eigenvalue weighted by Gasteiger charge is 2.09. The summed E-state index contributed by atoms with van der Waals surface area (Å²) in [4.78, 5) is 24.5. The Morgan fingerprint density at radius 1 is 0.966 bits per heavy atom. The van der Waals surface area contributed by atoms with Crippen LogP contribution in [0.5, 0.6) is 0 Å². The van der Waals surface area contributed by atoms with E-state index < -0.39 is 0 Å². The van der Waals surface area contributed by atoms with Gasteiger partial charge in [-0.05, 0) is 53.9 Å². The molecule has 0 bridgehead atoms. The van der Waals surface area contributed by atoms with E-state index in [0.717, 1.165) is 12.0 Å². The van der Waals surface area contributed by atoms with Crippen LogP contribution < -0.4 is 10.7 Å². The molecule has 2 N–H and O–H groups in total. The summed E-state index contributed by atoms with van der Waals surface area (Å²) in [6, 6.07) is 21.3. The molecule has 0 unspecified atom stereocenters. The Kier molecular flexibility index (Phi) is 6.76. The first kappa shape index (κ1) is 20.3. The molecule has 0 aliphatic carbocycles. The van der Waals surface area contributed by atoms with Crippen molar-refractivity contribution < 1.29 is 9.59 Å². The molecule has 5 nitrogen and oxygen atoms in total. The lowest BCUT2D eigenvalue weighted by Gasteiger charge is -2.07. The number of carbonyl (C=O) groups is 2. The monoisotopic (exact) mass is 405 g/mol. The van der Waals surface area contributed by atoms with E-state index in [-0.39, 0.29) is 11.8 Å². The zero-order chi connectivity index (χ0) is 20.6. The van der Waals surface area contributed by atoms with Crippen molar-refractivity contribution in [2.75, 3.05) is 5.32 Å². The van der Waals surface area contributed by atoms with Crippen molar-refractivity contribution in [2.24, 2.45) is 5.10 Å². The van der Waals surface area contributed by atoms with Crippen LogP contribution in [0.1, 0.15) is 38.8 Å². The fourth-order valence-corrected chi connectivity index (χ4v) is 2.88. The number of hydrogen-bond acceptors (Lipinski definition) is 3. The molecular weight excluding hydrogens is 386 g/mol. The zero-order valence-electron chi connectivity index (χ0n) is 15.9. The van der Waals surface area contributed by atoms with E-state index in [1.165, 1.54) is 11.8 Å². The van der Waals surface area contributed by atoms with E-state index in [2.05, 4.69) is 22.8 Å². The van der Waals surface area contributed by atoms with Gasteiger partial charge >= 0.3 is 0 Å². The first-order valence-electron chi connectivity index (χ1n) is 9.15. The number of halogens is 1. The zero-order valence-corrected chi connectivity index (χ0v) is 16.6. The number of hydrogen-bond donors (Lipinski definition) is 2. The fraction of sp³-hybridized carbons (Fsp3) is 0.0870. The lowest BCUT2D eigenvalue weighted by molar-refractivity contribution is 0.0954. The summed E-state index contributed by atoms with van der Waals surface area (Å²) in [7, 11) is 0. The fourth-order valence-electron chi connectivity index (χ4n) is 2.66. The minimum absolute atomic E-state index is 0.285. The van der Waals surface area contributed by atoms with E-state index >= 15 is 0 Å². The van der Waals surface area contributed by atoms with E-state index in [4.69, 9.17) is 11.6 Å². The molecule has 0 heterocycles. The number of anilines is 1. The average Bonchev–Trinajstić information content (AvgIpc) is 2.74.